The van der Waals surface area contributed by atoms with E-state index in [1.54, 1.807) is 0 Å². The highest BCUT2D eigenvalue weighted by molar-refractivity contribution is 7.89. The van der Waals surface area contributed by atoms with Crippen molar-refractivity contribution in [2.45, 2.75) is 23.8 Å². The molecule has 3 aromatic rings. The number of nitrogens with zero attached hydrogens (tertiary/aromatic N) is 2. The van der Waals surface area contributed by atoms with Crippen molar-refractivity contribution >= 4 is 15.9 Å². The fourth-order valence-electron chi connectivity index (χ4n) is 4.33. The molecule has 1 N–H and O–H groups in total. The monoisotopic (exact) mass is 495 g/mol. The summed E-state index contributed by atoms with van der Waals surface area (Å²) < 4.78 is 40.6. The van der Waals surface area contributed by atoms with Crippen LogP contribution < -0.4 is 5.32 Å². The molecule has 1 saturated heterocycles. The highest BCUT2D eigenvalue weighted by atomic mass is 32.2. The second-order valence-corrected chi connectivity index (χ2v) is 10.6. The third-order valence-corrected chi connectivity index (χ3v) is 8.10. The van der Waals surface area contributed by atoms with Crippen LogP contribution in [0.4, 0.5) is 4.39 Å². The second kappa shape index (κ2) is 11.6. The highest BCUT2D eigenvalue weighted by Crippen LogP contribution is 2.20. The van der Waals surface area contributed by atoms with E-state index >= 15 is 0 Å². The molecule has 0 aliphatic carbocycles. The van der Waals surface area contributed by atoms with Crippen LogP contribution in [0.15, 0.2) is 89.8 Å². The Balaban J connectivity index is 1.37. The third-order valence-electron chi connectivity index (χ3n) is 6.19. The summed E-state index contributed by atoms with van der Waals surface area (Å²) in [7, 11) is -3.70. The van der Waals surface area contributed by atoms with Gasteiger partial charge in [0.15, 0.2) is 0 Å². The lowest BCUT2D eigenvalue weighted by Gasteiger charge is -2.24. The van der Waals surface area contributed by atoms with Crippen molar-refractivity contribution in [2.24, 2.45) is 0 Å². The summed E-state index contributed by atoms with van der Waals surface area (Å²) in [5, 5.41) is 3.17. The van der Waals surface area contributed by atoms with Crippen LogP contribution in [0.5, 0.6) is 0 Å². The third kappa shape index (κ3) is 6.75. The summed E-state index contributed by atoms with van der Waals surface area (Å²) in [6.45, 7) is 1.90. The van der Waals surface area contributed by atoms with Gasteiger partial charge >= 0.3 is 0 Å². The maximum Gasteiger partial charge on any atom is 0.243 e. The maximum absolute atomic E-state index is 13.2. The van der Waals surface area contributed by atoms with Crippen molar-refractivity contribution in [3.05, 3.63) is 102 Å². The van der Waals surface area contributed by atoms with Crippen LogP contribution in [0, 0.1) is 5.82 Å². The molecule has 0 bridgehead atoms. The Hall–Kier alpha value is -3.07. The number of benzene rings is 3. The summed E-state index contributed by atoms with van der Waals surface area (Å²) in [6, 6.07) is 24.7. The average molecular weight is 496 g/mol. The molecule has 1 fully saturated rings. The van der Waals surface area contributed by atoms with E-state index in [1.165, 1.54) is 16.4 Å². The molecule has 1 aliphatic heterocycles. The Morgan fingerprint density at radius 1 is 0.857 bits per heavy atom. The number of carbonyl (C=O) groups is 1. The van der Waals surface area contributed by atoms with Crippen molar-refractivity contribution in [1.29, 1.82) is 0 Å². The number of halogens is 1. The zero-order valence-electron chi connectivity index (χ0n) is 19.5. The lowest BCUT2D eigenvalue weighted by atomic mass is 9.99. The first-order chi connectivity index (χ1) is 16.9. The van der Waals surface area contributed by atoms with E-state index in [4.69, 9.17) is 0 Å². The van der Waals surface area contributed by atoms with E-state index in [2.05, 4.69) is 5.32 Å². The van der Waals surface area contributed by atoms with Gasteiger partial charge in [0.2, 0.25) is 15.9 Å². The van der Waals surface area contributed by atoms with Crippen molar-refractivity contribution in [3.63, 3.8) is 0 Å². The normalized spacial score (nSPS) is 16.4. The van der Waals surface area contributed by atoms with Gasteiger partial charge in [-0.2, -0.15) is 4.31 Å². The summed E-state index contributed by atoms with van der Waals surface area (Å²) in [4.78, 5) is 15.1. The largest absolute Gasteiger partial charge is 0.348 e. The van der Waals surface area contributed by atoms with Crippen LogP contribution in [-0.2, 0) is 21.2 Å². The Labute approximate surface area is 206 Å². The average Bonchev–Trinajstić information content (AvgIpc) is 3.11. The molecule has 0 spiro atoms. The van der Waals surface area contributed by atoms with Crippen molar-refractivity contribution in [1.82, 2.24) is 14.5 Å². The fraction of sp³-hybridized carbons (Fsp3) is 0.296. The van der Waals surface area contributed by atoms with Crippen LogP contribution in [0.3, 0.4) is 0 Å². The van der Waals surface area contributed by atoms with Gasteiger partial charge in [-0.1, -0.05) is 60.7 Å². The number of carbonyl (C=O) groups excluding carboxylic acids is 1. The quantitative estimate of drug-likeness (QED) is 0.518. The summed E-state index contributed by atoms with van der Waals surface area (Å²) in [5.41, 5.74) is 2.18. The molecular weight excluding hydrogens is 465 g/mol. The second-order valence-electron chi connectivity index (χ2n) is 8.71. The SMILES string of the molecule is O=C(CN1CCCN(S(=O)(=O)c2ccc(F)cc2)CC1)NC(Cc1ccccc1)c1ccccc1. The van der Waals surface area contributed by atoms with Gasteiger partial charge in [0.05, 0.1) is 17.5 Å². The van der Waals surface area contributed by atoms with Gasteiger partial charge in [-0.25, -0.2) is 12.8 Å². The van der Waals surface area contributed by atoms with Crippen LogP contribution >= 0.6 is 0 Å². The van der Waals surface area contributed by atoms with E-state index in [-0.39, 0.29) is 29.9 Å². The topological polar surface area (TPSA) is 69.7 Å². The molecular formula is C27H30FN3O3S. The van der Waals surface area contributed by atoms with Gasteiger partial charge < -0.3 is 5.32 Å². The van der Waals surface area contributed by atoms with Gasteiger partial charge in [-0.15, -0.1) is 0 Å². The Morgan fingerprint density at radius 3 is 2.20 bits per heavy atom. The molecule has 1 aliphatic rings. The minimum Gasteiger partial charge on any atom is -0.348 e. The first-order valence-corrected chi connectivity index (χ1v) is 13.2. The zero-order valence-corrected chi connectivity index (χ0v) is 20.3. The lowest BCUT2D eigenvalue weighted by molar-refractivity contribution is -0.123. The Morgan fingerprint density at radius 2 is 1.51 bits per heavy atom. The Kier molecular flexibility index (Phi) is 8.28. The molecule has 8 heteroatoms. The number of amides is 1. The zero-order chi connectivity index (χ0) is 24.7. The molecule has 3 aromatic carbocycles. The molecule has 0 aromatic heterocycles. The molecule has 4 rings (SSSR count). The van der Waals surface area contributed by atoms with E-state index in [0.29, 0.717) is 32.5 Å². The maximum atomic E-state index is 13.2. The number of rotatable bonds is 8. The number of hydrogen-bond acceptors (Lipinski definition) is 4. The van der Waals surface area contributed by atoms with Crippen molar-refractivity contribution in [2.75, 3.05) is 32.7 Å². The van der Waals surface area contributed by atoms with E-state index in [0.717, 1.165) is 23.3 Å². The number of sulfonamides is 1. The van der Waals surface area contributed by atoms with E-state index < -0.39 is 15.8 Å². The molecule has 1 amide bonds. The highest BCUT2D eigenvalue weighted by Gasteiger charge is 2.27. The molecule has 184 valence electrons. The van der Waals surface area contributed by atoms with Crippen molar-refractivity contribution < 1.29 is 17.6 Å². The van der Waals surface area contributed by atoms with Crippen LogP contribution in [0.2, 0.25) is 0 Å². The minimum absolute atomic E-state index is 0.0803. The molecule has 0 saturated carbocycles. The van der Waals surface area contributed by atoms with Crippen LogP contribution in [0.25, 0.3) is 0 Å². The number of hydrogen-bond donors (Lipinski definition) is 1. The van der Waals surface area contributed by atoms with Crippen LogP contribution in [0.1, 0.15) is 23.6 Å². The summed E-state index contributed by atoms with van der Waals surface area (Å²) >= 11 is 0. The fourth-order valence-corrected chi connectivity index (χ4v) is 5.80. The predicted octanol–water partition coefficient (Wildman–Crippen LogP) is 3.62. The summed E-state index contributed by atoms with van der Waals surface area (Å²) in [5.74, 6) is -0.567. The molecule has 1 unspecified atom stereocenters. The lowest BCUT2D eigenvalue weighted by Crippen LogP contribution is -2.41. The van der Waals surface area contributed by atoms with Gasteiger partial charge in [0, 0.05) is 19.6 Å². The van der Waals surface area contributed by atoms with E-state index in [9.17, 15) is 17.6 Å². The summed E-state index contributed by atoms with van der Waals surface area (Å²) in [6.07, 6.45) is 1.29. The first kappa shape index (κ1) is 25.0. The number of nitrogens with one attached hydrogen (secondary N) is 1. The Bertz CT molecular complexity index is 1210. The van der Waals surface area contributed by atoms with Gasteiger partial charge in [0.25, 0.3) is 0 Å². The molecule has 35 heavy (non-hydrogen) atoms. The molecule has 0 radical (unpaired) electrons. The standard InChI is InChI=1S/C27H30FN3O3S/c28-24-12-14-25(15-13-24)35(33,34)31-17-7-16-30(18-19-31)21-27(32)29-26(23-10-5-2-6-11-23)20-22-8-3-1-4-9-22/h1-6,8-15,26H,7,16-21H2,(H,29,32). The van der Waals surface area contributed by atoms with Gasteiger partial charge in [-0.3, -0.25) is 9.69 Å². The van der Waals surface area contributed by atoms with Crippen molar-refractivity contribution in [3.8, 4) is 0 Å². The van der Waals surface area contributed by atoms with Crippen LogP contribution in [-0.4, -0.2) is 56.3 Å². The minimum atomic E-state index is -3.70. The molecule has 6 nitrogen and oxygen atoms in total. The molecule has 1 atom stereocenters. The van der Waals surface area contributed by atoms with Gasteiger partial charge in [-0.05, 0) is 54.8 Å². The molecule has 1 heterocycles. The van der Waals surface area contributed by atoms with Gasteiger partial charge in [0.1, 0.15) is 5.82 Å². The first-order valence-electron chi connectivity index (χ1n) is 11.8. The predicted molar refractivity (Wildman–Crippen MR) is 134 cm³/mol. The smallest absolute Gasteiger partial charge is 0.243 e. The van der Waals surface area contributed by atoms with E-state index in [1.807, 2.05) is 65.6 Å².